The molecule has 2 rings (SSSR count). The third-order valence-electron chi connectivity index (χ3n) is 3.10. The topological polar surface area (TPSA) is 119 Å². The molecule has 4 N–H and O–H groups in total. The first-order chi connectivity index (χ1) is 10.9. The van der Waals surface area contributed by atoms with Crippen molar-refractivity contribution >= 4 is 15.9 Å². The monoisotopic (exact) mass is 340 g/mol. The molecule has 0 fully saturated rings. The van der Waals surface area contributed by atoms with Gasteiger partial charge in [-0.15, -0.1) is 4.28 Å². The molecule has 0 atom stereocenters. The summed E-state index contributed by atoms with van der Waals surface area (Å²) in [5.41, 5.74) is 10.4. The molecule has 0 radical (unpaired) electrons. The molecule has 2 aromatic rings. The van der Waals surface area contributed by atoms with Crippen LogP contribution in [0.15, 0.2) is 24.3 Å². The first kappa shape index (κ1) is 17.3. The molecular formula is C14H20N4O4S. The minimum absolute atomic E-state index is 0.250. The lowest BCUT2D eigenvalue weighted by Gasteiger charge is -2.09. The Morgan fingerprint density at radius 2 is 2.13 bits per heavy atom. The number of aryl methyl sites for hydroxylation is 1. The highest BCUT2D eigenvalue weighted by Gasteiger charge is 2.11. The van der Waals surface area contributed by atoms with Crippen LogP contribution >= 0.6 is 0 Å². The van der Waals surface area contributed by atoms with Crippen LogP contribution in [0, 0.1) is 0 Å². The van der Waals surface area contributed by atoms with Gasteiger partial charge in [-0.2, -0.15) is 13.5 Å². The Labute approximate surface area is 135 Å². The fourth-order valence-corrected chi connectivity index (χ4v) is 2.29. The van der Waals surface area contributed by atoms with Crippen molar-refractivity contribution in [3.05, 3.63) is 29.8 Å². The van der Waals surface area contributed by atoms with Crippen molar-refractivity contribution in [1.82, 2.24) is 10.2 Å². The number of methoxy groups -OCH3 is 1. The summed E-state index contributed by atoms with van der Waals surface area (Å²) in [4.78, 5) is 0. The van der Waals surface area contributed by atoms with Gasteiger partial charge in [0.1, 0.15) is 5.75 Å². The zero-order valence-corrected chi connectivity index (χ0v) is 13.8. The first-order valence-corrected chi connectivity index (χ1v) is 8.82. The number of hydrogen-bond donors (Lipinski definition) is 3. The molecule has 0 saturated heterocycles. The van der Waals surface area contributed by atoms with Crippen LogP contribution in [0.5, 0.6) is 5.75 Å². The molecular weight excluding hydrogens is 320 g/mol. The van der Waals surface area contributed by atoms with Crippen molar-refractivity contribution in [2.24, 2.45) is 5.73 Å². The average molecular weight is 340 g/mol. The van der Waals surface area contributed by atoms with Crippen LogP contribution in [0.4, 0.5) is 5.82 Å². The maximum absolute atomic E-state index is 11.0. The van der Waals surface area contributed by atoms with Crippen LogP contribution in [-0.2, 0) is 20.8 Å². The number of anilines is 1. The van der Waals surface area contributed by atoms with Gasteiger partial charge in [0.15, 0.2) is 5.82 Å². The third kappa shape index (κ3) is 4.95. The van der Waals surface area contributed by atoms with Crippen molar-refractivity contribution in [3.8, 4) is 17.0 Å². The highest BCUT2D eigenvalue weighted by atomic mass is 32.2. The Morgan fingerprint density at radius 3 is 2.78 bits per heavy atom. The third-order valence-corrected chi connectivity index (χ3v) is 3.49. The average Bonchev–Trinajstić information content (AvgIpc) is 2.98. The van der Waals surface area contributed by atoms with Crippen LogP contribution in [-0.4, -0.2) is 38.5 Å². The molecule has 0 amide bonds. The lowest BCUT2D eigenvalue weighted by Crippen LogP contribution is -2.09. The van der Waals surface area contributed by atoms with Gasteiger partial charge in [-0.3, -0.25) is 5.10 Å². The Morgan fingerprint density at radius 1 is 1.35 bits per heavy atom. The number of nitrogens with one attached hydrogen (secondary N) is 2. The van der Waals surface area contributed by atoms with Gasteiger partial charge >= 0.3 is 0 Å². The summed E-state index contributed by atoms with van der Waals surface area (Å²) in [5.74, 6) is 0.943. The van der Waals surface area contributed by atoms with Crippen LogP contribution in [0.2, 0.25) is 0 Å². The number of ether oxygens (including phenoxy) is 1. The van der Waals surface area contributed by atoms with E-state index in [9.17, 15) is 8.42 Å². The number of benzene rings is 1. The zero-order chi connectivity index (χ0) is 16.9. The summed E-state index contributed by atoms with van der Waals surface area (Å²) in [5, 5.41) is 6.75. The minimum Gasteiger partial charge on any atom is -0.496 e. The summed E-state index contributed by atoms with van der Waals surface area (Å²) >= 11 is 0. The second kappa shape index (κ2) is 7.44. The maximum Gasteiger partial charge on any atom is 0.285 e. The van der Waals surface area contributed by atoms with Crippen molar-refractivity contribution in [3.63, 3.8) is 0 Å². The Hall–Kier alpha value is -2.10. The quantitative estimate of drug-likeness (QED) is 0.619. The standard InChI is InChI=1S/C14H20N4O4S/c1-21-13-8-10(4-3-7-15)5-6-11(13)12-9-14(17-16-12)18-22-23(2,19)20/h5-6,8-9H,3-4,7,15H2,1-2H3,(H2,16,17,18). The second-order valence-electron chi connectivity index (χ2n) is 4.98. The molecule has 0 aliphatic carbocycles. The van der Waals surface area contributed by atoms with Crippen LogP contribution in [0.3, 0.4) is 0 Å². The fraction of sp³-hybridized carbons (Fsp3) is 0.357. The van der Waals surface area contributed by atoms with E-state index < -0.39 is 10.1 Å². The molecule has 0 saturated carbocycles. The van der Waals surface area contributed by atoms with E-state index in [4.69, 9.17) is 10.5 Å². The van der Waals surface area contributed by atoms with Gasteiger partial charge in [0.05, 0.1) is 19.1 Å². The van der Waals surface area contributed by atoms with E-state index >= 15 is 0 Å². The van der Waals surface area contributed by atoms with Crippen LogP contribution in [0.25, 0.3) is 11.3 Å². The molecule has 0 spiro atoms. The van der Waals surface area contributed by atoms with Crippen molar-refractivity contribution in [2.45, 2.75) is 12.8 Å². The number of nitrogens with zero attached hydrogens (tertiary/aromatic N) is 1. The summed E-state index contributed by atoms with van der Waals surface area (Å²) in [6, 6.07) is 7.49. The molecule has 0 unspecified atom stereocenters. The predicted molar refractivity (Wildman–Crippen MR) is 87.5 cm³/mol. The molecule has 1 aromatic carbocycles. The lowest BCUT2D eigenvalue weighted by atomic mass is 10.0. The van der Waals surface area contributed by atoms with Crippen LogP contribution in [0.1, 0.15) is 12.0 Å². The normalized spacial score (nSPS) is 11.4. The number of aromatic amines is 1. The van der Waals surface area contributed by atoms with Gasteiger partial charge in [-0.1, -0.05) is 6.07 Å². The summed E-state index contributed by atoms with van der Waals surface area (Å²) in [7, 11) is -2.01. The maximum atomic E-state index is 11.0. The van der Waals surface area contributed by atoms with E-state index in [1.807, 2.05) is 18.2 Å². The van der Waals surface area contributed by atoms with E-state index in [-0.39, 0.29) is 5.82 Å². The first-order valence-electron chi connectivity index (χ1n) is 7.00. The molecule has 0 aliphatic rings. The van der Waals surface area contributed by atoms with E-state index in [2.05, 4.69) is 20.0 Å². The highest BCUT2D eigenvalue weighted by molar-refractivity contribution is 7.86. The summed E-state index contributed by atoms with van der Waals surface area (Å²) in [6.07, 6.45) is 2.73. The van der Waals surface area contributed by atoms with E-state index in [1.165, 1.54) is 0 Å². The van der Waals surface area contributed by atoms with E-state index in [0.29, 0.717) is 18.0 Å². The van der Waals surface area contributed by atoms with Gasteiger partial charge in [-0.25, -0.2) is 5.48 Å². The molecule has 126 valence electrons. The molecule has 1 heterocycles. The number of aromatic nitrogens is 2. The smallest absolute Gasteiger partial charge is 0.285 e. The highest BCUT2D eigenvalue weighted by Crippen LogP contribution is 2.31. The number of H-pyrrole nitrogens is 1. The Kier molecular flexibility index (Phi) is 5.59. The van der Waals surface area contributed by atoms with Crippen molar-refractivity contribution in [2.75, 3.05) is 25.4 Å². The van der Waals surface area contributed by atoms with E-state index in [0.717, 1.165) is 30.2 Å². The fourth-order valence-electron chi connectivity index (χ4n) is 2.05. The number of nitrogens with two attached hydrogens (primary N) is 1. The SMILES string of the molecule is COc1cc(CCCN)ccc1-c1cc(NOS(C)(=O)=O)n[nH]1. The van der Waals surface area contributed by atoms with Gasteiger partial charge < -0.3 is 10.5 Å². The molecule has 23 heavy (non-hydrogen) atoms. The largest absolute Gasteiger partial charge is 0.496 e. The van der Waals surface area contributed by atoms with Gasteiger partial charge in [-0.05, 0) is 37.1 Å². The summed E-state index contributed by atoms with van der Waals surface area (Å²) < 4.78 is 31.8. The molecule has 9 heteroatoms. The molecule has 0 aliphatic heterocycles. The molecule has 0 bridgehead atoms. The van der Waals surface area contributed by atoms with E-state index in [1.54, 1.807) is 13.2 Å². The van der Waals surface area contributed by atoms with Crippen LogP contribution < -0.4 is 16.0 Å². The number of hydrogen-bond acceptors (Lipinski definition) is 7. The van der Waals surface area contributed by atoms with Gasteiger partial charge in [0.2, 0.25) is 0 Å². The molecule has 1 aromatic heterocycles. The van der Waals surface area contributed by atoms with Crippen molar-refractivity contribution in [1.29, 1.82) is 0 Å². The van der Waals surface area contributed by atoms with Crippen molar-refractivity contribution < 1.29 is 17.4 Å². The Bertz CT molecular complexity index is 758. The minimum atomic E-state index is -3.60. The lowest BCUT2D eigenvalue weighted by molar-refractivity contribution is 0.393. The second-order valence-corrected chi connectivity index (χ2v) is 6.56. The van der Waals surface area contributed by atoms with Gasteiger partial charge in [0.25, 0.3) is 10.1 Å². The molecule has 8 nitrogen and oxygen atoms in total. The number of rotatable bonds is 8. The van der Waals surface area contributed by atoms with Gasteiger partial charge in [0, 0.05) is 11.6 Å². The Balaban J connectivity index is 2.19. The zero-order valence-electron chi connectivity index (χ0n) is 13.0. The summed E-state index contributed by atoms with van der Waals surface area (Å²) in [6.45, 7) is 0.639. The predicted octanol–water partition coefficient (Wildman–Crippen LogP) is 1.28.